The maximum atomic E-state index is 12.4. The van der Waals surface area contributed by atoms with Gasteiger partial charge in [-0.15, -0.1) is 5.10 Å². The van der Waals surface area contributed by atoms with Crippen molar-refractivity contribution in [3.05, 3.63) is 63.6 Å². The first kappa shape index (κ1) is 20.3. The molecule has 1 saturated heterocycles. The number of benzene rings is 2. The van der Waals surface area contributed by atoms with Gasteiger partial charge in [0, 0.05) is 16.6 Å². The summed E-state index contributed by atoms with van der Waals surface area (Å²) in [4.78, 5) is 24.5. The molecule has 8 heteroatoms. The molecule has 144 valence electrons. The number of anilines is 1. The highest BCUT2D eigenvalue weighted by molar-refractivity contribution is 9.10. The summed E-state index contributed by atoms with van der Waals surface area (Å²) in [6.07, 6.45) is 1.67. The smallest absolute Gasteiger partial charge is 0.240 e. The van der Waals surface area contributed by atoms with Crippen LogP contribution in [0.1, 0.15) is 23.1 Å². The molecule has 0 spiro atoms. The van der Waals surface area contributed by atoms with Crippen LogP contribution in [-0.4, -0.2) is 28.4 Å². The third kappa shape index (κ3) is 5.30. The van der Waals surface area contributed by atoms with Crippen LogP contribution in [0.5, 0.6) is 0 Å². The van der Waals surface area contributed by atoms with E-state index in [1.54, 1.807) is 6.21 Å². The third-order valence-electron chi connectivity index (χ3n) is 4.12. The zero-order chi connectivity index (χ0) is 20.1. The fourth-order valence-corrected chi connectivity index (χ4v) is 3.84. The van der Waals surface area contributed by atoms with Crippen LogP contribution in [0.2, 0.25) is 0 Å². The second kappa shape index (κ2) is 9.16. The van der Waals surface area contributed by atoms with E-state index in [1.165, 1.54) is 11.8 Å². The van der Waals surface area contributed by atoms with Crippen LogP contribution in [0.4, 0.5) is 5.69 Å². The van der Waals surface area contributed by atoms with Gasteiger partial charge in [-0.1, -0.05) is 58.0 Å². The fraction of sp³-hybridized carbons (Fsp3) is 0.200. The number of hydrogen-bond acceptors (Lipinski definition) is 5. The number of amides is 2. The van der Waals surface area contributed by atoms with Gasteiger partial charge in [-0.2, -0.15) is 5.10 Å². The minimum Gasteiger partial charge on any atom is -0.326 e. The topological polar surface area (TPSA) is 82.9 Å². The van der Waals surface area contributed by atoms with Gasteiger partial charge in [-0.05, 0) is 42.7 Å². The predicted molar refractivity (Wildman–Crippen MR) is 118 cm³/mol. The Kier molecular flexibility index (Phi) is 6.64. The molecule has 1 aliphatic rings. The van der Waals surface area contributed by atoms with Crippen LogP contribution in [0.25, 0.3) is 0 Å². The molecule has 2 N–H and O–H groups in total. The Balaban J connectivity index is 1.58. The number of carbonyl (C=O) groups excluding carboxylic acids is 2. The van der Waals surface area contributed by atoms with Gasteiger partial charge in [0.1, 0.15) is 5.25 Å². The van der Waals surface area contributed by atoms with Gasteiger partial charge in [0.2, 0.25) is 11.8 Å². The van der Waals surface area contributed by atoms with Crippen LogP contribution in [-0.2, 0) is 9.59 Å². The van der Waals surface area contributed by atoms with E-state index in [4.69, 9.17) is 0 Å². The lowest BCUT2D eigenvalue weighted by atomic mass is 10.1. The molecule has 2 aromatic rings. The van der Waals surface area contributed by atoms with Gasteiger partial charge < -0.3 is 10.6 Å². The van der Waals surface area contributed by atoms with Crippen molar-refractivity contribution >= 4 is 56.6 Å². The summed E-state index contributed by atoms with van der Waals surface area (Å²) in [7, 11) is 0. The first-order valence-electron chi connectivity index (χ1n) is 8.62. The number of para-hydroxylation sites is 1. The first-order chi connectivity index (χ1) is 13.4. The Morgan fingerprint density at radius 3 is 2.57 bits per heavy atom. The fourth-order valence-electron chi connectivity index (χ4n) is 2.65. The summed E-state index contributed by atoms with van der Waals surface area (Å²) in [5.74, 6) is -0.441. The number of amidine groups is 1. The molecule has 1 heterocycles. The van der Waals surface area contributed by atoms with Crippen LogP contribution in [0, 0.1) is 13.8 Å². The van der Waals surface area contributed by atoms with Gasteiger partial charge in [-0.25, -0.2) is 0 Å². The molecule has 2 aromatic carbocycles. The maximum absolute atomic E-state index is 12.4. The van der Waals surface area contributed by atoms with Crippen molar-refractivity contribution in [1.29, 1.82) is 0 Å². The van der Waals surface area contributed by atoms with E-state index in [2.05, 4.69) is 36.8 Å². The zero-order valence-electron chi connectivity index (χ0n) is 15.4. The molecular weight excluding hydrogens is 440 g/mol. The lowest BCUT2D eigenvalue weighted by Crippen LogP contribution is -2.28. The quantitative estimate of drug-likeness (QED) is 0.524. The first-order valence-corrected chi connectivity index (χ1v) is 10.3. The standard InChI is InChI=1S/C20H19BrN4O2S/c1-12-4-3-5-13(2)18(12)23-17(26)10-16-19(27)24-20(28-16)25-22-11-14-6-8-15(21)9-7-14/h3-9,11,16H,10H2,1-2H3,(H,23,26)(H,24,25,27)/b22-11-/t16-/m1/s1. The van der Waals surface area contributed by atoms with Crippen molar-refractivity contribution in [3.8, 4) is 0 Å². The number of rotatable bonds is 5. The van der Waals surface area contributed by atoms with E-state index in [-0.39, 0.29) is 18.2 Å². The number of aryl methyl sites for hydroxylation is 2. The Labute approximate surface area is 176 Å². The summed E-state index contributed by atoms with van der Waals surface area (Å²) >= 11 is 4.58. The lowest BCUT2D eigenvalue weighted by molar-refractivity contribution is -0.122. The SMILES string of the molecule is Cc1cccc(C)c1NC(=O)C[C@H]1S/C(=N/N=C\c2ccc(Br)cc2)NC1=O. The number of nitrogens with one attached hydrogen (secondary N) is 2. The Morgan fingerprint density at radius 1 is 1.21 bits per heavy atom. The molecule has 1 aliphatic heterocycles. The van der Waals surface area contributed by atoms with Crippen molar-refractivity contribution in [2.45, 2.75) is 25.5 Å². The van der Waals surface area contributed by atoms with E-state index in [0.717, 1.165) is 26.9 Å². The molecule has 1 fully saturated rings. The number of nitrogens with zero attached hydrogens (tertiary/aromatic N) is 2. The second-order valence-electron chi connectivity index (χ2n) is 6.32. The van der Waals surface area contributed by atoms with Crippen molar-refractivity contribution in [1.82, 2.24) is 5.32 Å². The zero-order valence-corrected chi connectivity index (χ0v) is 17.8. The van der Waals surface area contributed by atoms with Crippen LogP contribution in [0.15, 0.2) is 57.1 Å². The maximum Gasteiger partial charge on any atom is 0.240 e. The molecule has 1 atom stereocenters. The molecular formula is C20H19BrN4O2S. The normalized spacial score (nSPS) is 17.9. The summed E-state index contributed by atoms with van der Waals surface area (Å²) in [5, 5.41) is 13.5. The van der Waals surface area contributed by atoms with E-state index in [0.29, 0.717) is 5.17 Å². The molecule has 0 radical (unpaired) electrons. The highest BCUT2D eigenvalue weighted by Gasteiger charge is 2.32. The highest BCUT2D eigenvalue weighted by atomic mass is 79.9. The Bertz CT molecular complexity index is 937. The average molecular weight is 459 g/mol. The number of carbonyl (C=O) groups is 2. The molecule has 0 unspecified atom stereocenters. The average Bonchev–Trinajstić information content (AvgIpc) is 2.99. The van der Waals surface area contributed by atoms with E-state index in [9.17, 15) is 9.59 Å². The lowest BCUT2D eigenvalue weighted by Gasteiger charge is -2.12. The summed E-state index contributed by atoms with van der Waals surface area (Å²) in [6.45, 7) is 3.88. The van der Waals surface area contributed by atoms with Crippen LogP contribution in [0.3, 0.4) is 0 Å². The van der Waals surface area contributed by atoms with Crippen LogP contribution >= 0.6 is 27.7 Å². The molecule has 3 rings (SSSR count). The van der Waals surface area contributed by atoms with Crippen molar-refractivity contribution in [2.75, 3.05) is 5.32 Å². The molecule has 2 amide bonds. The number of thioether (sulfide) groups is 1. The largest absolute Gasteiger partial charge is 0.326 e. The summed E-state index contributed by atoms with van der Waals surface area (Å²) < 4.78 is 0.983. The van der Waals surface area contributed by atoms with E-state index in [1.807, 2.05) is 56.3 Å². The molecule has 0 aliphatic carbocycles. The number of hydrogen-bond donors (Lipinski definition) is 2. The van der Waals surface area contributed by atoms with Gasteiger partial charge >= 0.3 is 0 Å². The highest BCUT2D eigenvalue weighted by Crippen LogP contribution is 2.24. The van der Waals surface area contributed by atoms with Gasteiger partial charge in [-0.3, -0.25) is 9.59 Å². The molecule has 6 nitrogen and oxygen atoms in total. The second-order valence-corrected chi connectivity index (χ2v) is 8.42. The monoisotopic (exact) mass is 458 g/mol. The predicted octanol–water partition coefficient (Wildman–Crippen LogP) is 4.02. The van der Waals surface area contributed by atoms with Crippen LogP contribution < -0.4 is 10.6 Å². The molecule has 0 aromatic heterocycles. The molecule has 28 heavy (non-hydrogen) atoms. The van der Waals surface area contributed by atoms with E-state index >= 15 is 0 Å². The van der Waals surface area contributed by atoms with Gasteiger partial charge in [0.15, 0.2) is 5.17 Å². The molecule has 0 saturated carbocycles. The van der Waals surface area contributed by atoms with Gasteiger partial charge in [0.05, 0.1) is 6.21 Å². The third-order valence-corrected chi connectivity index (χ3v) is 5.72. The minimum atomic E-state index is -0.522. The van der Waals surface area contributed by atoms with Gasteiger partial charge in [0.25, 0.3) is 0 Å². The Hall–Kier alpha value is -2.45. The summed E-state index contributed by atoms with van der Waals surface area (Å²) in [6, 6.07) is 13.4. The summed E-state index contributed by atoms with van der Waals surface area (Å²) in [5.41, 5.74) is 3.66. The Morgan fingerprint density at radius 2 is 1.89 bits per heavy atom. The van der Waals surface area contributed by atoms with Crippen molar-refractivity contribution in [2.24, 2.45) is 10.2 Å². The molecule has 0 bridgehead atoms. The van der Waals surface area contributed by atoms with E-state index < -0.39 is 5.25 Å². The van der Waals surface area contributed by atoms with Crippen molar-refractivity contribution < 1.29 is 9.59 Å². The minimum absolute atomic E-state index is 0.0692. The number of halogens is 1. The van der Waals surface area contributed by atoms with Crippen molar-refractivity contribution in [3.63, 3.8) is 0 Å².